The van der Waals surface area contributed by atoms with E-state index in [0.717, 1.165) is 5.56 Å². The average Bonchev–Trinajstić information content (AvgIpc) is 2.50. The first-order chi connectivity index (χ1) is 10.1. The predicted molar refractivity (Wildman–Crippen MR) is 82.4 cm³/mol. The van der Waals surface area contributed by atoms with Gasteiger partial charge in [-0.15, -0.1) is 0 Å². The highest BCUT2D eigenvalue weighted by Gasteiger charge is 2.11. The molecule has 0 fully saturated rings. The third-order valence-corrected chi connectivity index (χ3v) is 3.29. The first-order valence-electron chi connectivity index (χ1n) is 6.38. The lowest BCUT2D eigenvalue weighted by atomic mass is 10.1. The number of halogens is 1. The van der Waals surface area contributed by atoms with Crippen LogP contribution >= 0.6 is 11.6 Å². The van der Waals surface area contributed by atoms with Crippen LogP contribution in [-0.2, 0) is 4.74 Å². The summed E-state index contributed by atoms with van der Waals surface area (Å²) >= 11 is 5.87. The summed E-state index contributed by atoms with van der Waals surface area (Å²) in [6.07, 6.45) is 1.38. The van der Waals surface area contributed by atoms with Gasteiger partial charge in [-0.2, -0.15) is 0 Å². The normalized spacial score (nSPS) is 11.9. The summed E-state index contributed by atoms with van der Waals surface area (Å²) in [4.78, 5) is 15.3. The first kappa shape index (κ1) is 15.3. The number of carbonyl (C=O) groups excluding carboxylic acids is 1. The van der Waals surface area contributed by atoms with E-state index in [0.29, 0.717) is 22.9 Å². The number of methoxy groups -OCH3 is 1. The second-order valence-corrected chi connectivity index (χ2v) is 4.89. The number of nitrogens with one attached hydrogen (secondary N) is 1. The van der Waals surface area contributed by atoms with Crippen molar-refractivity contribution < 1.29 is 9.53 Å². The molecule has 0 aliphatic rings. The van der Waals surface area contributed by atoms with Gasteiger partial charge in [0, 0.05) is 30.4 Å². The van der Waals surface area contributed by atoms with Crippen molar-refractivity contribution in [3.63, 3.8) is 0 Å². The number of hydrogen-bond acceptors (Lipinski definition) is 4. The molecule has 1 aromatic carbocycles. The maximum absolute atomic E-state index is 11.1. The van der Waals surface area contributed by atoms with E-state index in [1.54, 1.807) is 19.2 Å². The Bertz CT molecular complexity index is 617. The average molecular weight is 306 g/mol. The van der Waals surface area contributed by atoms with Gasteiger partial charge in [0.15, 0.2) is 0 Å². The summed E-state index contributed by atoms with van der Waals surface area (Å²) in [5, 5.41) is 3.81. The second kappa shape index (κ2) is 7.06. The summed E-state index contributed by atoms with van der Waals surface area (Å²) in [6, 6.07) is 10.6. The fourth-order valence-electron chi connectivity index (χ4n) is 1.89. The molecule has 2 aromatic rings. The summed E-state index contributed by atoms with van der Waals surface area (Å²) < 4.78 is 5.45. The van der Waals surface area contributed by atoms with Crippen molar-refractivity contribution in [1.82, 2.24) is 4.98 Å². The molecule has 0 unspecified atom stereocenters. The molecule has 3 N–H and O–H groups in total. The zero-order chi connectivity index (χ0) is 15.2. The fraction of sp³-hybridized carbons (Fsp3) is 0.200. The minimum Gasteiger partial charge on any atom is -0.375 e. The molecule has 1 aromatic heterocycles. The number of pyridine rings is 1. The van der Waals surface area contributed by atoms with E-state index in [-0.39, 0.29) is 6.10 Å². The number of primary amides is 1. The smallest absolute Gasteiger partial charge is 0.248 e. The van der Waals surface area contributed by atoms with Gasteiger partial charge in [0.2, 0.25) is 5.91 Å². The third-order valence-electron chi connectivity index (χ3n) is 3.04. The SMILES string of the molecule is CO[C@H](CNc1cc(C(N)=O)ccn1)c1ccc(Cl)cc1. The molecule has 1 amide bonds. The lowest BCUT2D eigenvalue weighted by Gasteiger charge is -2.17. The van der Waals surface area contributed by atoms with E-state index in [1.807, 2.05) is 24.3 Å². The van der Waals surface area contributed by atoms with Crippen LogP contribution in [0.25, 0.3) is 0 Å². The molecule has 0 spiro atoms. The second-order valence-electron chi connectivity index (χ2n) is 4.45. The van der Waals surface area contributed by atoms with Crippen molar-refractivity contribution in [1.29, 1.82) is 0 Å². The molecule has 2 rings (SSSR count). The van der Waals surface area contributed by atoms with E-state index in [4.69, 9.17) is 22.1 Å². The Balaban J connectivity index is 2.04. The maximum Gasteiger partial charge on any atom is 0.248 e. The number of aromatic nitrogens is 1. The molecule has 110 valence electrons. The Kier molecular flexibility index (Phi) is 5.14. The molecule has 21 heavy (non-hydrogen) atoms. The molecule has 0 saturated heterocycles. The van der Waals surface area contributed by atoms with Crippen molar-refractivity contribution in [2.24, 2.45) is 5.73 Å². The standard InChI is InChI=1S/C15H16ClN3O2/c1-21-13(10-2-4-12(16)5-3-10)9-19-14-8-11(15(17)20)6-7-18-14/h2-8,13H,9H2,1H3,(H2,17,20)(H,18,19)/t13-/m1/s1. The minimum atomic E-state index is -0.485. The Morgan fingerprint density at radius 2 is 2.10 bits per heavy atom. The number of amides is 1. The molecule has 0 aliphatic heterocycles. The van der Waals surface area contributed by atoms with Crippen molar-refractivity contribution in [2.75, 3.05) is 19.0 Å². The van der Waals surface area contributed by atoms with Gasteiger partial charge in [0.1, 0.15) is 5.82 Å². The topological polar surface area (TPSA) is 77.2 Å². The van der Waals surface area contributed by atoms with Gasteiger partial charge in [-0.3, -0.25) is 4.79 Å². The largest absolute Gasteiger partial charge is 0.375 e. The van der Waals surface area contributed by atoms with Crippen molar-refractivity contribution in [2.45, 2.75) is 6.10 Å². The molecule has 6 heteroatoms. The van der Waals surface area contributed by atoms with E-state index >= 15 is 0 Å². The first-order valence-corrected chi connectivity index (χ1v) is 6.76. The summed E-state index contributed by atoms with van der Waals surface area (Å²) in [7, 11) is 1.63. The van der Waals surface area contributed by atoms with E-state index in [9.17, 15) is 4.79 Å². The highest BCUT2D eigenvalue weighted by molar-refractivity contribution is 6.30. The highest BCUT2D eigenvalue weighted by atomic mass is 35.5. The molecule has 1 heterocycles. The number of carbonyl (C=O) groups is 1. The van der Waals surface area contributed by atoms with E-state index in [1.165, 1.54) is 6.20 Å². The molecule has 0 radical (unpaired) electrons. The molecular weight excluding hydrogens is 290 g/mol. The van der Waals surface area contributed by atoms with Crippen LogP contribution < -0.4 is 11.1 Å². The van der Waals surface area contributed by atoms with Gasteiger partial charge < -0.3 is 15.8 Å². The van der Waals surface area contributed by atoms with Crippen LogP contribution in [0.5, 0.6) is 0 Å². The zero-order valence-electron chi connectivity index (χ0n) is 11.5. The highest BCUT2D eigenvalue weighted by Crippen LogP contribution is 2.20. The van der Waals surface area contributed by atoms with Gasteiger partial charge in [-0.25, -0.2) is 4.98 Å². The molecule has 0 bridgehead atoms. The fourth-order valence-corrected chi connectivity index (χ4v) is 2.02. The number of anilines is 1. The lowest BCUT2D eigenvalue weighted by molar-refractivity contribution is 0.1000. The lowest BCUT2D eigenvalue weighted by Crippen LogP contribution is -2.16. The van der Waals surface area contributed by atoms with Crippen molar-refractivity contribution >= 4 is 23.3 Å². The molecule has 5 nitrogen and oxygen atoms in total. The van der Waals surface area contributed by atoms with Crippen LogP contribution in [0.2, 0.25) is 5.02 Å². The van der Waals surface area contributed by atoms with Gasteiger partial charge in [0.05, 0.1) is 6.10 Å². The van der Waals surface area contributed by atoms with Gasteiger partial charge >= 0.3 is 0 Å². The zero-order valence-corrected chi connectivity index (χ0v) is 12.3. The van der Waals surface area contributed by atoms with Crippen LogP contribution in [-0.4, -0.2) is 24.5 Å². The quantitative estimate of drug-likeness (QED) is 0.860. The number of rotatable bonds is 6. The van der Waals surface area contributed by atoms with Gasteiger partial charge in [-0.1, -0.05) is 23.7 Å². The number of ether oxygens (including phenoxy) is 1. The van der Waals surface area contributed by atoms with Crippen molar-refractivity contribution in [3.05, 3.63) is 58.7 Å². The Morgan fingerprint density at radius 1 is 1.38 bits per heavy atom. The van der Waals surface area contributed by atoms with E-state index in [2.05, 4.69) is 10.3 Å². The predicted octanol–water partition coefficient (Wildman–Crippen LogP) is 2.63. The van der Waals surface area contributed by atoms with Gasteiger partial charge in [0.25, 0.3) is 0 Å². The molecule has 0 saturated carbocycles. The monoisotopic (exact) mass is 305 g/mol. The van der Waals surface area contributed by atoms with Crippen LogP contribution in [0, 0.1) is 0 Å². The van der Waals surface area contributed by atoms with Crippen LogP contribution in [0.4, 0.5) is 5.82 Å². The number of nitrogens with zero attached hydrogens (tertiary/aromatic N) is 1. The minimum absolute atomic E-state index is 0.152. The molecular formula is C15H16ClN3O2. The Labute approximate surface area is 128 Å². The number of benzene rings is 1. The third kappa shape index (κ3) is 4.18. The number of nitrogens with two attached hydrogens (primary N) is 1. The van der Waals surface area contributed by atoms with E-state index < -0.39 is 5.91 Å². The van der Waals surface area contributed by atoms with Crippen molar-refractivity contribution in [3.8, 4) is 0 Å². The summed E-state index contributed by atoms with van der Waals surface area (Å²) in [5.74, 6) is 0.0868. The maximum atomic E-state index is 11.1. The van der Waals surface area contributed by atoms with Gasteiger partial charge in [-0.05, 0) is 29.8 Å². The Morgan fingerprint density at radius 3 is 2.71 bits per heavy atom. The molecule has 1 atom stereocenters. The number of hydrogen-bond donors (Lipinski definition) is 2. The van der Waals surface area contributed by atoms with Crippen LogP contribution in [0.3, 0.4) is 0 Å². The Hall–Kier alpha value is -2.11. The van der Waals surface area contributed by atoms with Crippen LogP contribution in [0.15, 0.2) is 42.6 Å². The van der Waals surface area contributed by atoms with Crippen LogP contribution in [0.1, 0.15) is 22.0 Å². The summed E-state index contributed by atoms with van der Waals surface area (Å²) in [5.41, 5.74) is 6.65. The molecule has 0 aliphatic carbocycles. The summed E-state index contributed by atoms with van der Waals surface area (Å²) in [6.45, 7) is 0.507.